The summed E-state index contributed by atoms with van der Waals surface area (Å²) in [5.74, 6) is -0.0917. The van der Waals surface area contributed by atoms with E-state index in [9.17, 15) is 23.4 Å². The summed E-state index contributed by atoms with van der Waals surface area (Å²) >= 11 is 0. The normalized spacial score (nSPS) is 22.0. The maximum Gasteiger partial charge on any atom is 0.407 e. The minimum atomic E-state index is -4.07. The van der Waals surface area contributed by atoms with E-state index in [1.54, 1.807) is 6.07 Å². The molecule has 0 saturated carbocycles. The summed E-state index contributed by atoms with van der Waals surface area (Å²) in [4.78, 5) is 13.0. The molecule has 3 heterocycles. The molecule has 2 aliphatic heterocycles. The summed E-state index contributed by atoms with van der Waals surface area (Å²) in [5, 5.41) is 24.4. The summed E-state index contributed by atoms with van der Waals surface area (Å²) in [5.41, 5.74) is 1.80. The Morgan fingerprint density at radius 2 is 1.93 bits per heavy atom. The van der Waals surface area contributed by atoms with E-state index in [2.05, 4.69) is 5.32 Å². The second-order valence-corrected chi connectivity index (χ2v) is 13.2. The van der Waals surface area contributed by atoms with Gasteiger partial charge in [-0.2, -0.15) is 4.31 Å². The van der Waals surface area contributed by atoms with E-state index < -0.39 is 34.4 Å². The minimum absolute atomic E-state index is 0.0144. The van der Waals surface area contributed by atoms with E-state index in [1.165, 1.54) is 22.7 Å². The number of aliphatic hydroxyl groups is 2. The highest BCUT2D eigenvalue weighted by atomic mass is 32.2. The third-order valence-corrected chi connectivity index (χ3v) is 9.53. The highest BCUT2D eigenvalue weighted by Gasteiger charge is 2.44. The van der Waals surface area contributed by atoms with Crippen molar-refractivity contribution in [1.82, 2.24) is 9.62 Å². The molecule has 0 aliphatic carbocycles. The summed E-state index contributed by atoms with van der Waals surface area (Å²) in [6, 6.07) is 13.0. The van der Waals surface area contributed by atoms with Gasteiger partial charge in [-0.15, -0.1) is 0 Å². The molecule has 12 heteroatoms. The number of carbonyl (C=O) groups is 1. The van der Waals surface area contributed by atoms with Crippen molar-refractivity contribution in [3.8, 4) is 0 Å². The van der Waals surface area contributed by atoms with Crippen molar-refractivity contribution in [2.75, 3.05) is 26.3 Å². The van der Waals surface area contributed by atoms with Crippen LogP contribution in [-0.4, -0.2) is 79.9 Å². The van der Waals surface area contributed by atoms with Crippen LogP contribution in [0.3, 0.4) is 0 Å². The van der Waals surface area contributed by atoms with E-state index in [0.717, 1.165) is 12.0 Å². The molecule has 2 saturated heterocycles. The first-order chi connectivity index (χ1) is 20.2. The molecular formula is C30H38N2O9S. The molecule has 0 spiro atoms. The lowest BCUT2D eigenvalue weighted by Gasteiger charge is -2.31. The lowest BCUT2D eigenvalue weighted by Crippen LogP contribution is -2.51. The third kappa shape index (κ3) is 6.80. The number of fused-ring (bicyclic) bond motifs is 2. The largest absolute Gasteiger partial charge is 0.464 e. The molecule has 2 fully saturated rings. The van der Waals surface area contributed by atoms with Crippen LogP contribution in [-0.2, 0) is 37.3 Å². The molecule has 11 nitrogen and oxygen atoms in total. The molecule has 2 aromatic carbocycles. The minimum Gasteiger partial charge on any atom is -0.464 e. The molecule has 5 atom stereocenters. The first kappa shape index (κ1) is 30.5. The maximum atomic E-state index is 13.9. The number of sulfonamides is 1. The summed E-state index contributed by atoms with van der Waals surface area (Å²) in [6.45, 7) is 4.13. The van der Waals surface area contributed by atoms with Crippen molar-refractivity contribution in [3.05, 3.63) is 65.9 Å². The molecular weight excluding hydrogens is 564 g/mol. The van der Waals surface area contributed by atoms with Crippen LogP contribution in [0.4, 0.5) is 4.79 Å². The van der Waals surface area contributed by atoms with Gasteiger partial charge in [0.1, 0.15) is 11.7 Å². The van der Waals surface area contributed by atoms with Gasteiger partial charge in [-0.25, -0.2) is 13.2 Å². The van der Waals surface area contributed by atoms with Crippen molar-refractivity contribution < 1.29 is 42.1 Å². The first-order valence-electron chi connectivity index (χ1n) is 14.2. The second-order valence-electron chi connectivity index (χ2n) is 11.3. The average Bonchev–Trinajstić information content (AvgIpc) is 3.69. The number of hydrogen-bond donors (Lipinski definition) is 3. The number of carbonyl (C=O) groups excluding carboxylic acids is 1. The highest BCUT2D eigenvalue weighted by molar-refractivity contribution is 7.89. The lowest BCUT2D eigenvalue weighted by atomic mass is 10.0. The van der Waals surface area contributed by atoms with Crippen molar-refractivity contribution >= 4 is 27.1 Å². The van der Waals surface area contributed by atoms with E-state index in [0.29, 0.717) is 23.1 Å². The molecule has 228 valence electrons. The van der Waals surface area contributed by atoms with Crippen LogP contribution in [0.5, 0.6) is 0 Å². The number of alkyl carbamates (subject to hydrolysis) is 1. The van der Waals surface area contributed by atoms with Gasteiger partial charge in [0.2, 0.25) is 10.0 Å². The fourth-order valence-electron chi connectivity index (χ4n) is 5.53. The summed E-state index contributed by atoms with van der Waals surface area (Å²) in [7, 11) is -4.07. The van der Waals surface area contributed by atoms with Crippen molar-refractivity contribution in [1.29, 1.82) is 0 Å². The van der Waals surface area contributed by atoms with Crippen LogP contribution in [0.25, 0.3) is 11.0 Å². The van der Waals surface area contributed by atoms with E-state index in [-0.39, 0.29) is 55.7 Å². The monoisotopic (exact) mass is 602 g/mol. The number of nitrogens with zero attached hydrogens (tertiary/aromatic N) is 1. The number of amides is 1. The first-order valence-corrected chi connectivity index (χ1v) is 15.6. The Hall–Kier alpha value is -3.00. The predicted molar refractivity (Wildman–Crippen MR) is 153 cm³/mol. The van der Waals surface area contributed by atoms with Crippen molar-refractivity contribution in [2.24, 2.45) is 11.8 Å². The summed E-state index contributed by atoms with van der Waals surface area (Å²) < 4.78 is 51.2. The molecule has 3 aromatic rings. The lowest BCUT2D eigenvalue weighted by molar-refractivity contribution is -0.0907. The Kier molecular flexibility index (Phi) is 9.50. The van der Waals surface area contributed by atoms with Crippen molar-refractivity contribution in [2.45, 2.75) is 62.7 Å². The summed E-state index contributed by atoms with van der Waals surface area (Å²) in [6.07, 6.45) is -0.442. The number of furan rings is 1. The zero-order valence-electron chi connectivity index (χ0n) is 23.7. The number of rotatable bonds is 12. The molecule has 3 N–H and O–H groups in total. The smallest absolute Gasteiger partial charge is 0.407 e. The number of ether oxygens (including phenoxy) is 3. The van der Waals surface area contributed by atoms with E-state index in [4.69, 9.17) is 18.6 Å². The number of aliphatic hydroxyl groups excluding tert-OH is 2. The molecule has 1 aromatic heterocycles. The fourth-order valence-corrected chi connectivity index (χ4v) is 7.18. The van der Waals surface area contributed by atoms with E-state index >= 15 is 0 Å². The predicted octanol–water partition coefficient (Wildman–Crippen LogP) is 3.03. The van der Waals surface area contributed by atoms with Gasteiger partial charge in [-0.3, -0.25) is 0 Å². The van der Waals surface area contributed by atoms with E-state index in [1.807, 2.05) is 44.2 Å². The zero-order valence-corrected chi connectivity index (χ0v) is 24.5. The van der Waals surface area contributed by atoms with Crippen molar-refractivity contribution in [3.63, 3.8) is 0 Å². The SMILES string of the molecule is CC(C)CN(C[C@@H](O)[C@H](Cc1ccccc1)NC(=O)O[C@H]1CO[C@H]2OCC[C@H]21)S(=O)(=O)c1ccc2occ(CO)c2c1. The molecule has 1 amide bonds. The quantitative estimate of drug-likeness (QED) is 0.285. The average molecular weight is 603 g/mol. The van der Waals surface area contributed by atoms with Gasteiger partial charge in [-0.05, 0) is 42.5 Å². The molecule has 0 bridgehead atoms. The number of hydrogen-bond acceptors (Lipinski definition) is 9. The topological polar surface area (TPSA) is 148 Å². The Morgan fingerprint density at radius 3 is 2.67 bits per heavy atom. The van der Waals surface area contributed by atoms with Crippen LogP contribution in [0.1, 0.15) is 31.4 Å². The van der Waals surface area contributed by atoms with Gasteiger partial charge < -0.3 is 34.2 Å². The highest BCUT2D eigenvalue weighted by Crippen LogP contribution is 2.33. The molecule has 0 radical (unpaired) electrons. The van der Waals surface area contributed by atoms with Crippen LogP contribution >= 0.6 is 0 Å². The standard InChI is InChI=1S/C30H38N2O9S/c1-19(2)14-32(42(36,37)22-8-9-27-24(13-22)21(16-33)17-39-27)15-26(34)25(12-20-6-4-3-5-7-20)31-30(35)41-28-18-40-29-23(28)10-11-38-29/h3-9,13,17,19,23,25-26,28-29,33-34H,10-12,14-16,18H2,1-2H3,(H,31,35)/t23-,25-,26+,28-,29+/m0/s1. The fraction of sp³-hybridized carbons (Fsp3) is 0.500. The van der Waals surface area contributed by atoms with Gasteiger partial charge in [0.15, 0.2) is 6.29 Å². The van der Waals surface area contributed by atoms with Gasteiger partial charge >= 0.3 is 6.09 Å². The second kappa shape index (κ2) is 13.1. The Balaban J connectivity index is 1.36. The third-order valence-electron chi connectivity index (χ3n) is 7.70. The van der Waals surface area contributed by atoms with Crippen LogP contribution < -0.4 is 5.32 Å². The van der Waals surface area contributed by atoms with Crippen LogP contribution in [0.15, 0.2) is 64.1 Å². The number of nitrogens with one attached hydrogen (secondary N) is 1. The van der Waals surface area contributed by atoms with Gasteiger partial charge in [0.25, 0.3) is 0 Å². The Morgan fingerprint density at radius 1 is 1.14 bits per heavy atom. The molecule has 0 unspecified atom stereocenters. The van der Waals surface area contributed by atoms with Crippen LogP contribution in [0, 0.1) is 11.8 Å². The zero-order chi connectivity index (χ0) is 29.9. The van der Waals surface area contributed by atoms with Gasteiger partial charge in [0, 0.05) is 24.0 Å². The maximum absolute atomic E-state index is 13.9. The van der Waals surface area contributed by atoms with Gasteiger partial charge in [0.05, 0.1) is 49.0 Å². The van der Waals surface area contributed by atoms with Crippen LogP contribution in [0.2, 0.25) is 0 Å². The Bertz CT molecular complexity index is 1460. The molecule has 42 heavy (non-hydrogen) atoms. The van der Waals surface area contributed by atoms with Gasteiger partial charge in [-0.1, -0.05) is 44.2 Å². The Labute approximate surface area is 245 Å². The number of benzene rings is 2. The molecule has 2 aliphatic rings. The molecule has 5 rings (SSSR count).